The molecule has 0 bridgehead atoms. The van der Waals surface area contributed by atoms with Crippen LogP contribution in [0, 0.1) is 0 Å². The average molecular weight is 357 g/mol. The van der Waals surface area contributed by atoms with Crippen LogP contribution in [0.15, 0.2) is 48.7 Å². The molecule has 1 aliphatic heterocycles. The standard InChI is InChI=1S/C20H14F3NO2/c21-20(22,23)15-4-1-13(2-5-15)3-6-17-16-12-19-18(25-9-10-26-19)11-14(16)7-8-24-17/h1-8,11-12H,9-10H2/b6-3+. The Morgan fingerprint density at radius 1 is 0.885 bits per heavy atom. The lowest BCUT2D eigenvalue weighted by Gasteiger charge is -2.19. The van der Waals surface area contributed by atoms with E-state index in [1.165, 1.54) is 12.1 Å². The molecular formula is C20H14F3NO2. The van der Waals surface area contributed by atoms with E-state index in [0.29, 0.717) is 36.0 Å². The predicted octanol–water partition coefficient (Wildman–Crippen LogP) is 5.20. The number of alkyl halides is 3. The Hall–Kier alpha value is -3.02. The number of aromatic nitrogens is 1. The SMILES string of the molecule is FC(F)(F)c1ccc(/C=C/c2nccc3cc4c(cc23)OCCO4)cc1. The van der Waals surface area contributed by atoms with Gasteiger partial charge in [-0.1, -0.05) is 18.2 Å². The molecule has 0 fully saturated rings. The van der Waals surface area contributed by atoms with Crippen molar-refractivity contribution in [1.82, 2.24) is 4.98 Å². The van der Waals surface area contributed by atoms with Gasteiger partial charge in [-0.05, 0) is 47.4 Å². The molecule has 0 atom stereocenters. The van der Waals surface area contributed by atoms with Gasteiger partial charge in [0.25, 0.3) is 0 Å². The van der Waals surface area contributed by atoms with E-state index in [-0.39, 0.29) is 0 Å². The van der Waals surface area contributed by atoms with Crippen molar-refractivity contribution in [3.63, 3.8) is 0 Å². The van der Waals surface area contributed by atoms with Gasteiger partial charge >= 0.3 is 6.18 Å². The zero-order valence-electron chi connectivity index (χ0n) is 13.6. The zero-order chi connectivity index (χ0) is 18.1. The van der Waals surface area contributed by atoms with Crippen LogP contribution in [0.2, 0.25) is 0 Å². The third kappa shape index (κ3) is 3.22. The molecule has 26 heavy (non-hydrogen) atoms. The largest absolute Gasteiger partial charge is 0.486 e. The van der Waals surface area contributed by atoms with Crippen LogP contribution in [0.4, 0.5) is 13.2 Å². The van der Waals surface area contributed by atoms with E-state index >= 15 is 0 Å². The van der Waals surface area contributed by atoms with Crippen molar-refractivity contribution in [2.45, 2.75) is 6.18 Å². The van der Waals surface area contributed by atoms with E-state index in [4.69, 9.17) is 9.47 Å². The molecule has 132 valence electrons. The van der Waals surface area contributed by atoms with Gasteiger partial charge in [-0.15, -0.1) is 0 Å². The predicted molar refractivity (Wildman–Crippen MR) is 93.1 cm³/mol. The summed E-state index contributed by atoms with van der Waals surface area (Å²) in [6.07, 6.45) is 0.866. The van der Waals surface area contributed by atoms with Gasteiger partial charge in [-0.25, -0.2) is 0 Å². The maximum absolute atomic E-state index is 12.6. The van der Waals surface area contributed by atoms with Crippen LogP contribution in [0.3, 0.4) is 0 Å². The van der Waals surface area contributed by atoms with Crippen molar-refractivity contribution in [3.8, 4) is 11.5 Å². The fourth-order valence-electron chi connectivity index (χ4n) is 2.82. The Bertz CT molecular complexity index is 979. The number of ether oxygens (including phenoxy) is 2. The zero-order valence-corrected chi connectivity index (χ0v) is 13.6. The monoisotopic (exact) mass is 357 g/mol. The smallest absolute Gasteiger partial charge is 0.416 e. The van der Waals surface area contributed by atoms with E-state index in [0.717, 1.165) is 22.9 Å². The van der Waals surface area contributed by atoms with Crippen molar-refractivity contribution >= 4 is 22.9 Å². The Labute approximate surface area is 147 Å². The first-order chi connectivity index (χ1) is 12.5. The van der Waals surface area contributed by atoms with Gasteiger partial charge in [0.1, 0.15) is 13.2 Å². The summed E-state index contributed by atoms with van der Waals surface area (Å²) in [4.78, 5) is 4.36. The molecule has 0 saturated heterocycles. The number of rotatable bonds is 2. The number of pyridine rings is 1. The number of nitrogens with zero attached hydrogens (tertiary/aromatic N) is 1. The van der Waals surface area contributed by atoms with E-state index in [1.807, 2.05) is 18.2 Å². The summed E-state index contributed by atoms with van der Waals surface area (Å²) in [5, 5.41) is 1.84. The van der Waals surface area contributed by atoms with E-state index in [9.17, 15) is 13.2 Å². The molecule has 3 aromatic rings. The first-order valence-corrected chi connectivity index (χ1v) is 8.04. The van der Waals surface area contributed by atoms with Crippen LogP contribution in [-0.2, 0) is 6.18 Å². The second-order valence-electron chi connectivity index (χ2n) is 5.87. The number of halogens is 3. The number of fused-ring (bicyclic) bond motifs is 2. The second-order valence-corrected chi connectivity index (χ2v) is 5.87. The normalized spacial score (nSPS) is 14.1. The Balaban J connectivity index is 1.67. The van der Waals surface area contributed by atoms with Crippen LogP contribution in [0.5, 0.6) is 11.5 Å². The molecule has 0 amide bonds. The van der Waals surface area contributed by atoms with Crippen LogP contribution in [-0.4, -0.2) is 18.2 Å². The highest BCUT2D eigenvalue weighted by Crippen LogP contribution is 2.35. The topological polar surface area (TPSA) is 31.4 Å². The molecule has 0 spiro atoms. The first-order valence-electron chi connectivity index (χ1n) is 8.04. The van der Waals surface area contributed by atoms with Gasteiger partial charge in [0, 0.05) is 11.6 Å². The van der Waals surface area contributed by atoms with Crippen LogP contribution in [0.25, 0.3) is 22.9 Å². The fourth-order valence-corrected chi connectivity index (χ4v) is 2.82. The molecule has 0 unspecified atom stereocenters. The van der Waals surface area contributed by atoms with Gasteiger partial charge in [0.15, 0.2) is 11.5 Å². The Kier molecular flexibility index (Phi) is 4.03. The molecule has 1 aliphatic rings. The van der Waals surface area contributed by atoms with Crippen molar-refractivity contribution in [2.75, 3.05) is 13.2 Å². The third-order valence-electron chi connectivity index (χ3n) is 4.13. The minimum atomic E-state index is -4.33. The minimum Gasteiger partial charge on any atom is -0.486 e. The number of hydrogen-bond acceptors (Lipinski definition) is 3. The van der Waals surface area contributed by atoms with Crippen molar-refractivity contribution in [1.29, 1.82) is 0 Å². The minimum absolute atomic E-state index is 0.496. The summed E-state index contributed by atoms with van der Waals surface area (Å²) >= 11 is 0. The Morgan fingerprint density at radius 2 is 1.58 bits per heavy atom. The number of benzene rings is 2. The molecule has 6 heteroatoms. The molecule has 1 aromatic heterocycles. The van der Waals surface area contributed by atoms with Crippen molar-refractivity contribution in [2.24, 2.45) is 0 Å². The Morgan fingerprint density at radius 3 is 2.27 bits per heavy atom. The first kappa shape index (κ1) is 16.4. The maximum Gasteiger partial charge on any atom is 0.416 e. The highest BCUT2D eigenvalue weighted by molar-refractivity contribution is 5.93. The molecular weight excluding hydrogens is 343 g/mol. The summed E-state index contributed by atoms with van der Waals surface area (Å²) < 4.78 is 49.1. The summed E-state index contributed by atoms with van der Waals surface area (Å²) in [6, 6.07) is 10.7. The molecule has 0 N–H and O–H groups in total. The van der Waals surface area contributed by atoms with Gasteiger partial charge in [-0.2, -0.15) is 13.2 Å². The van der Waals surface area contributed by atoms with Crippen molar-refractivity contribution in [3.05, 3.63) is 65.5 Å². The molecule has 2 aromatic carbocycles. The molecule has 0 radical (unpaired) electrons. The molecule has 0 saturated carbocycles. The third-order valence-corrected chi connectivity index (χ3v) is 4.13. The molecule has 2 heterocycles. The molecule has 4 rings (SSSR count). The van der Waals surface area contributed by atoms with Gasteiger partial charge < -0.3 is 9.47 Å². The highest BCUT2D eigenvalue weighted by atomic mass is 19.4. The lowest BCUT2D eigenvalue weighted by atomic mass is 10.1. The summed E-state index contributed by atoms with van der Waals surface area (Å²) in [5.74, 6) is 1.37. The van der Waals surface area contributed by atoms with Crippen LogP contribution in [0.1, 0.15) is 16.8 Å². The average Bonchev–Trinajstić information content (AvgIpc) is 2.64. The lowest BCUT2D eigenvalue weighted by Crippen LogP contribution is -2.15. The van der Waals surface area contributed by atoms with Gasteiger partial charge in [0.05, 0.1) is 11.3 Å². The van der Waals surface area contributed by atoms with Gasteiger partial charge in [-0.3, -0.25) is 4.98 Å². The van der Waals surface area contributed by atoms with Crippen LogP contribution < -0.4 is 9.47 Å². The number of hydrogen-bond donors (Lipinski definition) is 0. The maximum atomic E-state index is 12.6. The highest BCUT2D eigenvalue weighted by Gasteiger charge is 2.29. The van der Waals surface area contributed by atoms with Crippen molar-refractivity contribution < 1.29 is 22.6 Å². The lowest BCUT2D eigenvalue weighted by molar-refractivity contribution is -0.137. The summed E-state index contributed by atoms with van der Waals surface area (Å²) in [5.41, 5.74) is 0.704. The van der Waals surface area contributed by atoms with Gasteiger partial charge in [0.2, 0.25) is 0 Å². The molecule has 0 aliphatic carbocycles. The fraction of sp³-hybridized carbons (Fsp3) is 0.150. The summed E-state index contributed by atoms with van der Waals surface area (Å²) in [6.45, 7) is 1.01. The summed E-state index contributed by atoms with van der Waals surface area (Å²) in [7, 11) is 0. The van der Waals surface area contributed by atoms with E-state index in [1.54, 1.807) is 18.3 Å². The second kappa shape index (κ2) is 6.37. The quantitative estimate of drug-likeness (QED) is 0.632. The van der Waals surface area contributed by atoms with E-state index in [2.05, 4.69) is 4.98 Å². The molecule has 3 nitrogen and oxygen atoms in total. The van der Waals surface area contributed by atoms with E-state index < -0.39 is 11.7 Å². The van der Waals surface area contributed by atoms with Crippen LogP contribution >= 0.6 is 0 Å².